The molecule has 0 bridgehead atoms. The Labute approximate surface area is 267 Å². The summed E-state index contributed by atoms with van der Waals surface area (Å²) >= 11 is 0. The Bertz CT molecular complexity index is 879. The molecular weight excluding hydrogens is 620 g/mol. The summed E-state index contributed by atoms with van der Waals surface area (Å²) in [5, 5.41) is 54.6. The third-order valence-corrected chi connectivity index (χ3v) is 7.40. The molecule has 0 aromatic carbocycles. The third-order valence-electron chi connectivity index (χ3n) is 7.40. The van der Waals surface area contributed by atoms with Gasteiger partial charge in [-0.05, 0) is 0 Å². The van der Waals surface area contributed by atoms with Crippen LogP contribution in [0.4, 0.5) is 0 Å². The van der Waals surface area contributed by atoms with Crippen molar-refractivity contribution in [1.29, 1.82) is 0 Å². The molecule has 7 unspecified atom stereocenters. The quantitative estimate of drug-likeness (QED) is 0.0428. The van der Waals surface area contributed by atoms with Crippen molar-refractivity contribution in [2.24, 2.45) is 5.92 Å². The summed E-state index contributed by atoms with van der Waals surface area (Å²) in [6, 6.07) is -1.73. The SMILES string of the molecule is CC(=O)NC1C(O)[C@@H](O)C(CO)O[C@H]1OCCOCCOCC(C)COCCOCCOC1OC(CO)[C@@]2(O)OC2[C@@H]1NC(C)=O. The zero-order valence-electron chi connectivity index (χ0n) is 26.5. The first kappa shape index (κ1) is 38.8. The number of aliphatic hydroxyl groups excluding tert-OH is 4. The van der Waals surface area contributed by atoms with Gasteiger partial charge in [0.15, 0.2) is 12.6 Å². The summed E-state index contributed by atoms with van der Waals surface area (Å²) in [5.41, 5.74) is 0. The van der Waals surface area contributed by atoms with E-state index in [1.54, 1.807) is 0 Å². The molecule has 3 heterocycles. The number of ether oxygens (including phenoxy) is 9. The summed E-state index contributed by atoms with van der Waals surface area (Å²) in [7, 11) is 0. The molecule has 268 valence electrons. The molecule has 18 nitrogen and oxygen atoms in total. The lowest BCUT2D eigenvalue weighted by atomic mass is 9.97. The van der Waals surface area contributed by atoms with Crippen LogP contribution in [0, 0.1) is 5.92 Å². The first-order valence-electron chi connectivity index (χ1n) is 15.4. The molecule has 11 atom stereocenters. The average molecular weight is 671 g/mol. The molecule has 0 spiro atoms. The second-order valence-corrected chi connectivity index (χ2v) is 11.3. The first-order valence-corrected chi connectivity index (χ1v) is 15.4. The van der Waals surface area contributed by atoms with E-state index in [2.05, 4.69) is 10.6 Å². The number of carbonyl (C=O) groups excluding carboxylic acids is 2. The second kappa shape index (κ2) is 19.4. The van der Waals surface area contributed by atoms with Crippen molar-refractivity contribution in [2.45, 2.75) is 81.7 Å². The minimum atomic E-state index is -1.64. The maximum absolute atomic E-state index is 11.5. The van der Waals surface area contributed by atoms with Gasteiger partial charge in [0.2, 0.25) is 17.6 Å². The fraction of sp³-hybridized carbons (Fsp3) is 0.929. The number of amides is 2. The van der Waals surface area contributed by atoms with E-state index in [0.29, 0.717) is 39.6 Å². The van der Waals surface area contributed by atoms with E-state index in [9.17, 15) is 35.1 Å². The van der Waals surface area contributed by atoms with Gasteiger partial charge < -0.3 is 78.8 Å². The highest BCUT2D eigenvalue weighted by atomic mass is 16.8. The van der Waals surface area contributed by atoms with Gasteiger partial charge in [0.05, 0.1) is 79.3 Å². The van der Waals surface area contributed by atoms with Crippen LogP contribution < -0.4 is 10.6 Å². The summed E-state index contributed by atoms with van der Waals surface area (Å²) in [5.74, 6) is -2.28. The van der Waals surface area contributed by atoms with Crippen molar-refractivity contribution in [3.05, 3.63) is 0 Å². The van der Waals surface area contributed by atoms with E-state index in [1.807, 2.05) is 6.92 Å². The first-order chi connectivity index (χ1) is 22.0. The fourth-order valence-electron chi connectivity index (χ4n) is 5.06. The number of epoxide rings is 1. The molecule has 18 heteroatoms. The molecule has 2 amide bonds. The molecule has 46 heavy (non-hydrogen) atoms. The molecule has 3 fully saturated rings. The lowest BCUT2D eigenvalue weighted by molar-refractivity contribution is -0.272. The monoisotopic (exact) mass is 670 g/mol. The Morgan fingerprint density at radius 2 is 1.24 bits per heavy atom. The molecule has 3 aliphatic rings. The maximum atomic E-state index is 11.5. The molecule has 0 aromatic heterocycles. The van der Waals surface area contributed by atoms with Gasteiger partial charge >= 0.3 is 0 Å². The summed E-state index contributed by atoms with van der Waals surface area (Å²) in [6.07, 6.45) is -7.51. The highest BCUT2D eigenvalue weighted by Crippen LogP contribution is 2.46. The van der Waals surface area contributed by atoms with E-state index >= 15 is 0 Å². The van der Waals surface area contributed by atoms with Gasteiger partial charge in [0.1, 0.15) is 42.6 Å². The Hall–Kier alpha value is -1.62. The Kier molecular flexibility index (Phi) is 16.4. The maximum Gasteiger partial charge on any atom is 0.224 e. The van der Waals surface area contributed by atoms with Crippen molar-refractivity contribution in [3.63, 3.8) is 0 Å². The number of rotatable bonds is 22. The standard InChI is InChI=1S/C28H50N2O16/c1-16(14-40-6-4-38-8-10-42-26-21(29-17(2)33)24(36)23(35)19(12-31)44-26)15-41-7-5-39-9-11-43-27-22(30-18(3)34)25-28(37,46-25)20(13-32)45-27/h16,19-27,31-32,35-37H,4-15H2,1-3H3,(H,29,33)(H,30,34)/t16?,19?,20?,21?,22-,23-,24?,25?,26+,27?,28+/m0/s1. The fourth-order valence-corrected chi connectivity index (χ4v) is 5.06. The van der Waals surface area contributed by atoms with Crippen molar-refractivity contribution in [1.82, 2.24) is 10.6 Å². The lowest BCUT2D eigenvalue weighted by Gasteiger charge is -2.42. The van der Waals surface area contributed by atoms with E-state index in [4.69, 9.17) is 42.6 Å². The van der Waals surface area contributed by atoms with Crippen LogP contribution >= 0.6 is 0 Å². The zero-order chi connectivity index (χ0) is 33.7. The van der Waals surface area contributed by atoms with E-state index in [0.717, 1.165) is 0 Å². The Morgan fingerprint density at radius 3 is 1.76 bits per heavy atom. The number of carbonyl (C=O) groups is 2. The number of aliphatic hydroxyl groups is 5. The lowest BCUT2D eigenvalue weighted by Crippen LogP contribution is -2.64. The number of hydrogen-bond acceptors (Lipinski definition) is 16. The van der Waals surface area contributed by atoms with Crippen LogP contribution in [0.3, 0.4) is 0 Å². The molecule has 0 radical (unpaired) electrons. The van der Waals surface area contributed by atoms with Gasteiger partial charge in [-0.25, -0.2) is 0 Å². The van der Waals surface area contributed by atoms with Gasteiger partial charge in [0, 0.05) is 19.8 Å². The molecule has 0 aliphatic carbocycles. The minimum absolute atomic E-state index is 0.0794. The molecule has 3 saturated heterocycles. The van der Waals surface area contributed by atoms with Gasteiger partial charge in [-0.1, -0.05) is 6.92 Å². The van der Waals surface area contributed by atoms with E-state index in [-0.39, 0.29) is 38.3 Å². The van der Waals surface area contributed by atoms with Crippen LogP contribution in [0.15, 0.2) is 0 Å². The van der Waals surface area contributed by atoms with Gasteiger partial charge in [-0.2, -0.15) is 0 Å². The Morgan fingerprint density at radius 1 is 0.739 bits per heavy atom. The van der Waals surface area contributed by atoms with Gasteiger partial charge in [-0.15, -0.1) is 0 Å². The van der Waals surface area contributed by atoms with Crippen molar-refractivity contribution < 1.29 is 77.8 Å². The largest absolute Gasteiger partial charge is 0.394 e. The summed E-state index contributed by atoms with van der Waals surface area (Å²) in [6.45, 7) is 6.49. The van der Waals surface area contributed by atoms with Crippen LogP contribution in [0.2, 0.25) is 0 Å². The summed E-state index contributed by atoms with van der Waals surface area (Å²) < 4.78 is 49.8. The molecule has 3 aliphatic heterocycles. The number of hydrogen-bond donors (Lipinski definition) is 7. The third kappa shape index (κ3) is 11.5. The van der Waals surface area contributed by atoms with Crippen molar-refractivity contribution >= 4 is 11.8 Å². The predicted molar refractivity (Wildman–Crippen MR) is 153 cm³/mol. The molecular formula is C28H50N2O16. The van der Waals surface area contributed by atoms with Crippen LogP contribution in [0.5, 0.6) is 0 Å². The van der Waals surface area contributed by atoms with Gasteiger partial charge in [-0.3, -0.25) is 9.59 Å². The number of nitrogens with one attached hydrogen (secondary N) is 2. The molecule has 0 saturated carbocycles. The van der Waals surface area contributed by atoms with Crippen molar-refractivity contribution in [2.75, 3.05) is 79.3 Å². The van der Waals surface area contributed by atoms with Crippen LogP contribution in [0.1, 0.15) is 20.8 Å². The van der Waals surface area contributed by atoms with Crippen LogP contribution in [-0.4, -0.2) is 178 Å². The van der Waals surface area contributed by atoms with Gasteiger partial charge in [0.25, 0.3) is 0 Å². The van der Waals surface area contributed by atoms with Crippen LogP contribution in [-0.2, 0) is 52.2 Å². The number of fused-ring (bicyclic) bond motifs is 1. The highest BCUT2D eigenvalue weighted by molar-refractivity contribution is 5.73. The normalized spacial score (nSPS) is 34.5. The molecule has 0 aromatic rings. The van der Waals surface area contributed by atoms with Crippen LogP contribution in [0.25, 0.3) is 0 Å². The van der Waals surface area contributed by atoms with Crippen molar-refractivity contribution in [3.8, 4) is 0 Å². The smallest absolute Gasteiger partial charge is 0.224 e. The topological polar surface area (TPSA) is 246 Å². The summed E-state index contributed by atoms with van der Waals surface area (Å²) in [4.78, 5) is 23.0. The molecule has 3 rings (SSSR count). The van der Waals surface area contributed by atoms with E-state index < -0.39 is 80.1 Å². The van der Waals surface area contributed by atoms with E-state index in [1.165, 1.54) is 13.8 Å². The predicted octanol–water partition coefficient (Wildman–Crippen LogP) is -4.02. The highest BCUT2D eigenvalue weighted by Gasteiger charge is 2.70. The minimum Gasteiger partial charge on any atom is -0.394 e. The average Bonchev–Trinajstić information content (AvgIpc) is 3.72. The Balaban J connectivity index is 1.16. The zero-order valence-corrected chi connectivity index (χ0v) is 26.5. The second-order valence-electron chi connectivity index (χ2n) is 11.3. The molecule has 7 N–H and O–H groups in total.